The molecule has 1 atom stereocenters. The summed E-state index contributed by atoms with van der Waals surface area (Å²) in [6.45, 7) is 1.64. The molecule has 4 rings (SSSR count). The zero-order chi connectivity index (χ0) is 23.2. The number of aryl methyl sites for hydroxylation is 1. The van der Waals surface area contributed by atoms with Gasteiger partial charge in [0.1, 0.15) is 17.5 Å². The Hall–Kier alpha value is -4.40. The second-order valence-corrected chi connectivity index (χ2v) is 7.38. The van der Waals surface area contributed by atoms with Crippen molar-refractivity contribution >= 4 is 17.5 Å². The van der Waals surface area contributed by atoms with E-state index in [1.54, 1.807) is 31.2 Å². The van der Waals surface area contributed by atoms with Gasteiger partial charge in [0, 0.05) is 17.7 Å². The van der Waals surface area contributed by atoms with Crippen LogP contribution >= 0.6 is 0 Å². The lowest BCUT2D eigenvalue weighted by atomic mass is 10.0. The molecule has 166 valence electrons. The van der Waals surface area contributed by atoms with Crippen LogP contribution in [-0.2, 0) is 11.2 Å². The zero-order valence-electron chi connectivity index (χ0n) is 17.8. The van der Waals surface area contributed by atoms with Crippen molar-refractivity contribution in [2.24, 2.45) is 0 Å². The van der Waals surface area contributed by atoms with Crippen molar-refractivity contribution in [2.45, 2.75) is 19.4 Å². The first-order valence-electron chi connectivity index (χ1n) is 10.3. The Balaban J connectivity index is 1.57. The monoisotopic (exact) mass is 444 g/mol. The highest BCUT2D eigenvalue weighted by atomic mass is 19.1. The Morgan fingerprint density at radius 2 is 1.70 bits per heavy atom. The number of amides is 2. The van der Waals surface area contributed by atoms with Crippen molar-refractivity contribution in [3.8, 4) is 5.69 Å². The number of hydrogen-bond acceptors (Lipinski definition) is 5. The van der Waals surface area contributed by atoms with E-state index in [4.69, 9.17) is 0 Å². The second-order valence-electron chi connectivity index (χ2n) is 7.38. The number of anilines is 1. The molecule has 0 aliphatic heterocycles. The molecule has 2 amide bonds. The van der Waals surface area contributed by atoms with Gasteiger partial charge in [0.25, 0.3) is 5.91 Å². The first-order valence-corrected chi connectivity index (χ1v) is 10.3. The summed E-state index contributed by atoms with van der Waals surface area (Å²) in [5, 5.41) is 16.6. The maximum absolute atomic E-state index is 14.4. The molecule has 0 aliphatic carbocycles. The van der Waals surface area contributed by atoms with E-state index in [9.17, 15) is 14.0 Å². The number of tetrazole rings is 1. The van der Waals surface area contributed by atoms with Gasteiger partial charge in [-0.25, -0.2) is 4.39 Å². The molecule has 0 bridgehead atoms. The van der Waals surface area contributed by atoms with Crippen LogP contribution in [-0.4, -0.2) is 38.1 Å². The third kappa shape index (κ3) is 5.27. The van der Waals surface area contributed by atoms with Crippen LogP contribution in [0, 0.1) is 12.7 Å². The smallest absolute Gasteiger partial charge is 0.251 e. The van der Waals surface area contributed by atoms with Crippen molar-refractivity contribution in [2.75, 3.05) is 5.32 Å². The van der Waals surface area contributed by atoms with E-state index in [0.29, 0.717) is 17.1 Å². The summed E-state index contributed by atoms with van der Waals surface area (Å²) in [7, 11) is 0. The number of halogens is 1. The molecule has 0 radical (unpaired) electrons. The Kier molecular flexibility index (Phi) is 6.49. The number of nitrogens with zero attached hydrogens (tertiary/aromatic N) is 4. The van der Waals surface area contributed by atoms with Crippen LogP contribution in [0.5, 0.6) is 0 Å². The number of benzene rings is 3. The van der Waals surface area contributed by atoms with E-state index < -0.39 is 17.8 Å². The fourth-order valence-corrected chi connectivity index (χ4v) is 3.33. The standard InChI is InChI=1S/C24H21FN6O2/c1-16-28-29-30-31(16)22-15-19(12-13-20(22)25)26-24(33)21(14-17-8-4-2-5-9-17)27-23(32)18-10-6-3-7-11-18/h2-13,15,21H,14H2,1H3,(H,26,33)(H,27,32). The van der Waals surface area contributed by atoms with Gasteiger partial charge in [-0.1, -0.05) is 48.5 Å². The summed E-state index contributed by atoms with van der Waals surface area (Å²) in [6, 6.07) is 21.3. The molecule has 1 aromatic heterocycles. The van der Waals surface area contributed by atoms with Crippen molar-refractivity contribution in [1.82, 2.24) is 25.5 Å². The van der Waals surface area contributed by atoms with Crippen molar-refractivity contribution in [1.29, 1.82) is 0 Å². The van der Waals surface area contributed by atoms with Gasteiger partial charge in [0.15, 0.2) is 5.82 Å². The minimum atomic E-state index is -0.858. The van der Waals surface area contributed by atoms with E-state index in [1.807, 2.05) is 36.4 Å². The van der Waals surface area contributed by atoms with E-state index in [2.05, 4.69) is 26.2 Å². The van der Waals surface area contributed by atoms with Gasteiger partial charge in [0.05, 0.1) is 0 Å². The van der Waals surface area contributed by atoms with Gasteiger partial charge in [0.2, 0.25) is 5.91 Å². The van der Waals surface area contributed by atoms with E-state index in [0.717, 1.165) is 5.56 Å². The second kappa shape index (κ2) is 9.82. The highest BCUT2D eigenvalue weighted by molar-refractivity contribution is 6.01. The highest BCUT2D eigenvalue weighted by Gasteiger charge is 2.23. The molecule has 1 unspecified atom stereocenters. The van der Waals surface area contributed by atoms with Crippen LogP contribution in [0.2, 0.25) is 0 Å². The van der Waals surface area contributed by atoms with Crippen LogP contribution in [0.4, 0.5) is 10.1 Å². The molecule has 2 N–H and O–H groups in total. The molecule has 0 spiro atoms. The predicted octanol–water partition coefficient (Wildman–Crippen LogP) is 3.09. The van der Waals surface area contributed by atoms with Crippen LogP contribution in [0.25, 0.3) is 5.69 Å². The average molecular weight is 444 g/mol. The maximum atomic E-state index is 14.4. The highest BCUT2D eigenvalue weighted by Crippen LogP contribution is 2.19. The average Bonchev–Trinajstić information content (AvgIpc) is 3.26. The van der Waals surface area contributed by atoms with Gasteiger partial charge < -0.3 is 10.6 Å². The summed E-state index contributed by atoms with van der Waals surface area (Å²) < 4.78 is 15.6. The first kappa shape index (κ1) is 21.8. The van der Waals surface area contributed by atoms with Gasteiger partial charge in [-0.3, -0.25) is 9.59 Å². The van der Waals surface area contributed by atoms with Crippen LogP contribution in [0.15, 0.2) is 78.9 Å². The Morgan fingerprint density at radius 3 is 2.36 bits per heavy atom. The molecule has 33 heavy (non-hydrogen) atoms. The minimum absolute atomic E-state index is 0.100. The molecule has 3 aromatic carbocycles. The number of carbonyl (C=O) groups excluding carboxylic acids is 2. The van der Waals surface area contributed by atoms with Crippen molar-refractivity contribution < 1.29 is 14.0 Å². The van der Waals surface area contributed by atoms with Gasteiger partial charge in [-0.05, 0) is 53.2 Å². The number of rotatable bonds is 7. The molecule has 9 heteroatoms. The van der Waals surface area contributed by atoms with Gasteiger partial charge in [-0.15, -0.1) is 5.10 Å². The predicted molar refractivity (Wildman–Crippen MR) is 120 cm³/mol. The van der Waals surface area contributed by atoms with Crippen molar-refractivity contribution in [3.05, 3.63) is 102 Å². The van der Waals surface area contributed by atoms with E-state index in [1.165, 1.54) is 22.9 Å². The van der Waals surface area contributed by atoms with Crippen LogP contribution in [0.1, 0.15) is 21.7 Å². The third-order valence-corrected chi connectivity index (χ3v) is 5.01. The zero-order valence-corrected chi connectivity index (χ0v) is 17.8. The maximum Gasteiger partial charge on any atom is 0.251 e. The molecule has 0 saturated carbocycles. The number of nitrogens with one attached hydrogen (secondary N) is 2. The summed E-state index contributed by atoms with van der Waals surface area (Å²) >= 11 is 0. The van der Waals surface area contributed by atoms with Crippen LogP contribution in [0.3, 0.4) is 0 Å². The number of aromatic nitrogens is 4. The number of hydrogen-bond donors (Lipinski definition) is 2. The molecule has 0 saturated heterocycles. The molecule has 4 aromatic rings. The number of carbonyl (C=O) groups is 2. The van der Waals surface area contributed by atoms with Gasteiger partial charge >= 0.3 is 0 Å². The quantitative estimate of drug-likeness (QED) is 0.456. The lowest BCUT2D eigenvalue weighted by Crippen LogP contribution is -2.45. The molecular formula is C24H21FN6O2. The summed E-state index contributed by atoms with van der Waals surface area (Å²) in [5.74, 6) is -0.944. The topological polar surface area (TPSA) is 102 Å². The largest absolute Gasteiger partial charge is 0.340 e. The fraction of sp³-hybridized carbons (Fsp3) is 0.125. The van der Waals surface area contributed by atoms with Crippen molar-refractivity contribution in [3.63, 3.8) is 0 Å². The van der Waals surface area contributed by atoms with E-state index in [-0.39, 0.29) is 18.0 Å². The molecule has 1 heterocycles. The lowest BCUT2D eigenvalue weighted by Gasteiger charge is -2.19. The normalized spacial score (nSPS) is 11.6. The lowest BCUT2D eigenvalue weighted by molar-refractivity contribution is -0.118. The molecular weight excluding hydrogens is 423 g/mol. The third-order valence-electron chi connectivity index (χ3n) is 5.01. The Bertz CT molecular complexity index is 1260. The van der Waals surface area contributed by atoms with Crippen LogP contribution < -0.4 is 10.6 Å². The first-order chi connectivity index (χ1) is 16.0. The van der Waals surface area contributed by atoms with E-state index >= 15 is 0 Å². The summed E-state index contributed by atoms with van der Waals surface area (Å²) in [4.78, 5) is 25.9. The molecule has 0 fully saturated rings. The van der Waals surface area contributed by atoms with Gasteiger partial charge in [-0.2, -0.15) is 4.68 Å². The minimum Gasteiger partial charge on any atom is -0.340 e. The molecule has 8 nitrogen and oxygen atoms in total. The molecule has 0 aliphatic rings. The SMILES string of the molecule is Cc1nnnn1-c1cc(NC(=O)C(Cc2ccccc2)NC(=O)c2ccccc2)ccc1F. The fourth-order valence-electron chi connectivity index (χ4n) is 3.33. The summed E-state index contributed by atoms with van der Waals surface area (Å²) in [5.41, 5.74) is 1.78. The Labute approximate surface area is 189 Å². The summed E-state index contributed by atoms with van der Waals surface area (Å²) in [6.07, 6.45) is 0.283. The Morgan fingerprint density at radius 1 is 1.00 bits per heavy atom.